The largest absolute Gasteiger partial charge is 0.396 e. The Morgan fingerprint density at radius 2 is 2.11 bits per heavy atom. The Hall–Kier alpha value is -2.20. The zero-order chi connectivity index (χ0) is 19.8. The number of fused-ring (bicyclic) bond motifs is 1. The molecule has 6 N–H and O–H groups in total. The van der Waals surface area contributed by atoms with Crippen molar-refractivity contribution < 1.29 is 10.2 Å². The molecule has 0 unspecified atom stereocenters. The molecule has 0 bridgehead atoms. The Morgan fingerprint density at radius 3 is 2.82 bits per heavy atom. The van der Waals surface area contributed by atoms with E-state index in [0.717, 1.165) is 15.9 Å². The quantitative estimate of drug-likeness (QED) is 0.398. The van der Waals surface area contributed by atoms with Crippen molar-refractivity contribution in [1.29, 1.82) is 0 Å². The molecule has 8 nitrogen and oxygen atoms in total. The van der Waals surface area contributed by atoms with E-state index in [4.69, 9.17) is 22.3 Å². The normalized spacial score (nSPS) is 21.9. The lowest BCUT2D eigenvalue weighted by Crippen LogP contribution is -2.19. The van der Waals surface area contributed by atoms with Gasteiger partial charge in [0.15, 0.2) is 0 Å². The number of nitrogens with two attached hydrogens (primary N) is 1. The molecule has 0 saturated heterocycles. The van der Waals surface area contributed by atoms with Crippen LogP contribution in [0.4, 0.5) is 17.5 Å². The zero-order valence-corrected chi connectivity index (χ0v) is 16.8. The second kappa shape index (κ2) is 7.67. The number of anilines is 3. The number of aromatic nitrogens is 3. The predicted octanol–water partition coefficient (Wildman–Crippen LogP) is 2.57. The van der Waals surface area contributed by atoms with Crippen LogP contribution in [0.25, 0.3) is 20.8 Å². The van der Waals surface area contributed by atoms with Gasteiger partial charge in [-0.05, 0) is 31.0 Å². The highest BCUT2D eigenvalue weighted by Gasteiger charge is 2.33. The molecule has 3 atom stereocenters. The van der Waals surface area contributed by atoms with Crippen molar-refractivity contribution in [3.8, 4) is 10.6 Å². The van der Waals surface area contributed by atoms with Gasteiger partial charge in [0.2, 0.25) is 5.95 Å². The van der Waals surface area contributed by atoms with Crippen LogP contribution in [0.1, 0.15) is 12.8 Å². The van der Waals surface area contributed by atoms with Gasteiger partial charge in [-0.3, -0.25) is 0 Å². The second-order valence-electron chi connectivity index (χ2n) is 6.87. The number of aliphatic hydroxyl groups excluding tert-OH is 2. The van der Waals surface area contributed by atoms with Crippen molar-refractivity contribution in [3.05, 3.63) is 23.4 Å². The molecule has 1 aromatic carbocycles. The van der Waals surface area contributed by atoms with E-state index in [1.54, 1.807) is 0 Å². The molecular formula is C18H21ClN6O2S. The molecule has 1 saturated carbocycles. The minimum Gasteiger partial charge on any atom is -0.396 e. The highest BCUT2D eigenvalue weighted by atomic mass is 35.5. The van der Waals surface area contributed by atoms with Crippen molar-refractivity contribution in [2.45, 2.75) is 25.0 Å². The van der Waals surface area contributed by atoms with E-state index in [0.29, 0.717) is 29.2 Å². The van der Waals surface area contributed by atoms with Crippen molar-refractivity contribution in [2.24, 2.45) is 5.92 Å². The molecular weight excluding hydrogens is 400 g/mol. The van der Waals surface area contributed by atoms with E-state index in [9.17, 15) is 10.2 Å². The van der Waals surface area contributed by atoms with Crippen LogP contribution >= 0.6 is 22.9 Å². The number of hydrogen-bond acceptors (Lipinski definition) is 9. The first-order valence-corrected chi connectivity index (χ1v) is 10.1. The first kappa shape index (κ1) is 19.1. The predicted molar refractivity (Wildman–Crippen MR) is 113 cm³/mol. The van der Waals surface area contributed by atoms with E-state index in [1.807, 2.05) is 25.2 Å². The number of nitrogens with zero attached hydrogens (tertiary/aromatic N) is 3. The van der Waals surface area contributed by atoms with Crippen LogP contribution in [0.2, 0.25) is 5.15 Å². The SMILES string of the molecule is CNc1ccc2sc(-c3c(Cl)nc(N)nc3N[C@@H]3C[C@H](CO)[C@@H](O)C3)nc2c1. The van der Waals surface area contributed by atoms with E-state index in [-0.39, 0.29) is 29.7 Å². The van der Waals surface area contributed by atoms with E-state index in [2.05, 4.69) is 20.6 Å². The summed E-state index contributed by atoms with van der Waals surface area (Å²) >= 11 is 7.91. The summed E-state index contributed by atoms with van der Waals surface area (Å²) in [4.78, 5) is 13.1. The van der Waals surface area contributed by atoms with Crippen LogP contribution in [0, 0.1) is 5.92 Å². The number of nitrogen functional groups attached to an aromatic ring is 1. The zero-order valence-electron chi connectivity index (χ0n) is 15.2. The average molecular weight is 421 g/mol. The van der Waals surface area contributed by atoms with Crippen molar-refractivity contribution in [3.63, 3.8) is 0 Å². The number of thiazole rings is 1. The standard InChI is InChI=1S/C18H21ClN6O2S/c1-21-9-2-3-13-11(5-9)23-17(28-13)14-15(19)24-18(20)25-16(14)22-10-4-8(7-26)12(27)6-10/h2-3,5,8,10,12,21,26-27H,4,6-7H2,1H3,(H3,20,22,24,25)/t8-,10-,12+/m1/s1. The minimum atomic E-state index is -0.553. The fourth-order valence-corrected chi connectivity index (χ4v) is 4.86. The van der Waals surface area contributed by atoms with E-state index >= 15 is 0 Å². The highest BCUT2D eigenvalue weighted by Crippen LogP contribution is 2.40. The van der Waals surface area contributed by atoms with Crippen LogP contribution in [-0.4, -0.2) is 51.0 Å². The van der Waals surface area contributed by atoms with Crippen LogP contribution in [0.15, 0.2) is 18.2 Å². The third-order valence-corrected chi connectivity index (χ3v) is 6.33. The van der Waals surface area contributed by atoms with E-state index in [1.165, 1.54) is 11.3 Å². The number of nitrogens with one attached hydrogen (secondary N) is 2. The second-order valence-corrected chi connectivity index (χ2v) is 8.26. The third kappa shape index (κ3) is 3.58. The third-order valence-electron chi connectivity index (χ3n) is 5.01. The summed E-state index contributed by atoms with van der Waals surface area (Å²) in [6, 6.07) is 5.90. The fourth-order valence-electron chi connectivity index (χ4n) is 3.54. The number of halogens is 1. The van der Waals surface area contributed by atoms with Crippen molar-refractivity contribution in [1.82, 2.24) is 15.0 Å². The number of benzene rings is 1. The maximum Gasteiger partial charge on any atom is 0.223 e. The van der Waals surface area contributed by atoms with E-state index < -0.39 is 6.10 Å². The van der Waals surface area contributed by atoms with Gasteiger partial charge in [-0.1, -0.05) is 11.6 Å². The van der Waals surface area contributed by atoms with Crippen LogP contribution < -0.4 is 16.4 Å². The van der Waals surface area contributed by atoms with Gasteiger partial charge in [-0.25, -0.2) is 9.97 Å². The summed E-state index contributed by atoms with van der Waals surface area (Å²) < 4.78 is 1.02. The molecule has 4 rings (SSSR count). The molecule has 1 fully saturated rings. The van der Waals surface area contributed by atoms with Gasteiger partial charge in [0.25, 0.3) is 0 Å². The summed E-state index contributed by atoms with van der Waals surface area (Å²) in [5.74, 6) is 0.395. The van der Waals surface area contributed by atoms with Crippen LogP contribution in [-0.2, 0) is 0 Å². The molecule has 0 amide bonds. The van der Waals surface area contributed by atoms with Crippen molar-refractivity contribution >= 4 is 50.6 Å². The first-order chi connectivity index (χ1) is 13.5. The summed E-state index contributed by atoms with van der Waals surface area (Å²) in [6.07, 6.45) is 0.588. The number of aliphatic hydroxyl groups is 2. The van der Waals surface area contributed by atoms with Gasteiger partial charge in [0, 0.05) is 31.3 Å². The summed E-state index contributed by atoms with van der Waals surface area (Å²) in [5, 5.41) is 26.8. The smallest absolute Gasteiger partial charge is 0.223 e. The Kier molecular flexibility index (Phi) is 5.24. The van der Waals surface area contributed by atoms with Crippen molar-refractivity contribution in [2.75, 3.05) is 30.0 Å². The minimum absolute atomic E-state index is 0.0511. The van der Waals surface area contributed by atoms with Crippen LogP contribution in [0.3, 0.4) is 0 Å². The van der Waals surface area contributed by atoms with Gasteiger partial charge in [-0.2, -0.15) is 4.98 Å². The molecule has 1 aliphatic rings. The van der Waals surface area contributed by atoms with Gasteiger partial charge in [0.1, 0.15) is 16.0 Å². The Labute approximate surface area is 170 Å². The molecule has 0 spiro atoms. The maximum absolute atomic E-state index is 10.1. The molecule has 2 heterocycles. The van der Waals surface area contributed by atoms with Gasteiger partial charge in [-0.15, -0.1) is 11.3 Å². The topological polar surface area (TPSA) is 129 Å². The first-order valence-electron chi connectivity index (χ1n) is 8.95. The monoisotopic (exact) mass is 420 g/mol. The fraction of sp³-hybridized carbons (Fsp3) is 0.389. The molecule has 2 aromatic heterocycles. The maximum atomic E-state index is 10.1. The Bertz CT molecular complexity index is 1010. The molecule has 148 valence electrons. The van der Waals surface area contributed by atoms with Gasteiger partial charge in [0.05, 0.1) is 21.9 Å². The lowest BCUT2D eigenvalue weighted by Gasteiger charge is -2.16. The van der Waals surface area contributed by atoms with Crippen LogP contribution in [0.5, 0.6) is 0 Å². The molecule has 0 aliphatic heterocycles. The Balaban J connectivity index is 1.73. The summed E-state index contributed by atoms with van der Waals surface area (Å²) in [7, 11) is 1.86. The lowest BCUT2D eigenvalue weighted by molar-refractivity contribution is 0.0908. The van der Waals surface area contributed by atoms with Gasteiger partial charge >= 0.3 is 0 Å². The lowest BCUT2D eigenvalue weighted by atomic mass is 10.1. The molecule has 10 heteroatoms. The summed E-state index contributed by atoms with van der Waals surface area (Å²) in [5.41, 5.74) is 8.22. The molecule has 28 heavy (non-hydrogen) atoms. The molecule has 1 aliphatic carbocycles. The molecule has 3 aromatic rings. The van der Waals surface area contributed by atoms with Gasteiger partial charge < -0.3 is 26.6 Å². The number of hydrogen-bond donors (Lipinski definition) is 5. The Morgan fingerprint density at radius 1 is 1.29 bits per heavy atom. The summed E-state index contributed by atoms with van der Waals surface area (Å²) in [6.45, 7) is -0.0511. The molecule has 0 radical (unpaired) electrons. The number of rotatable bonds is 5. The average Bonchev–Trinajstić information content (AvgIpc) is 3.22. The highest BCUT2D eigenvalue weighted by molar-refractivity contribution is 7.21.